The zero-order valence-electron chi connectivity index (χ0n) is 5.00. The molecule has 3 nitrogen and oxygen atoms in total. The van der Waals surface area contributed by atoms with Crippen molar-refractivity contribution in [1.82, 2.24) is 0 Å². The van der Waals surface area contributed by atoms with Crippen LogP contribution < -0.4 is 5.50 Å². The lowest BCUT2D eigenvalue weighted by Gasteiger charge is -2.01. The summed E-state index contributed by atoms with van der Waals surface area (Å²) in [5, 5.41) is 0. The molecule has 0 spiro atoms. The maximum Gasteiger partial charge on any atom is 0.250 e. The van der Waals surface area contributed by atoms with Gasteiger partial charge in [-0.3, -0.25) is 5.50 Å². The first kappa shape index (κ1) is 8.31. The van der Waals surface area contributed by atoms with Crippen molar-refractivity contribution in [3.05, 3.63) is 0 Å². The number of hydrogen-bond acceptors (Lipinski definition) is 3. The number of unbranched alkanes of at least 4 members (excludes halogenated alkanes) is 1. The molecule has 0 aromatic heterocycles. The largest absolute Gasteiger partial charge is 0.338 e. The van der Waals surface area contributed by atoms with E-state index in [4.69, 9.17) is 10.4 Å². The molecule has 8 heavy (non-hydrogen) atoms. The molecular weight excluding hydrogens is 125 g/mol. The van der Waals surface area contributed by atoms with Gasteiger partial charge in [0.25, 0.3) is 0 Å². The third-order valence-corrected chi connectivity index (χ3v) is 1.17. The molecule has 0 rings (SSSR count). The average molecular weight is 137 g/mol. The first-order chi connectivity index (χ1) is 3.77. The molecule has 3 N–H and O–H groups in total. The summed E-state index contributed by atoms with van der Waals surface area (Å²) in [6, 6.07) is 0. The van der Waals surface area contributed by atoms with E-state index in [-0.39, 0.29) is 0 Å². The summed E-state index contributed by atoms with van der Waals surface area (Å²) in [4.78, 5) is 8.40. The van der Waals surface area contributed by atoms with E-state index in [1.807, 2.05) is 0 Å². The monoisotopic (exact) mass is 137 g/mol. The van der Waals surface area contributed by atoms with Crippen LogP contribution in [-0.2, 0) is 4.52 Å². The van der Waals surface area contributed by atoms with Crippen LogP contribution in [0.4, 0.5) is 0 Å². The van der Waals surface area contributed by atoms with Gasteiger partial charge in [-0.25, -0.2) is 0 Å². The maximum absolute atomic E-state index is 8.40. The van der Waals surface area contributed by atoms with E-state index in [9.17, 15) is 0 Å². The summed E-state index contributed by atoms with van der Waals surface area (Å²) in [6.07, 6.45) is 2.04. The van der Waals surface area contributed by atoms with Gasteiger partial charge in [0.15, 0.2) is 0 Å². The van der Waals surface area contributed by atoms with Gasteiger partial charge >= 0.3 is 0 Å². The molecule has 0 aliphatic carbocycles. The van der Waals surface area contributed by atoms with E-state index in [0.29, 0.717) is 6.61 Å². The molecule has 4 heteroatoms. The van der Waals surface area contributed by atoms with Crippen molar-refractivity contribution >= 4 is 8.53 Å². The molecule has 0 radical (unpaired) electrons. The lowest BCUT2D eigenvalue weighted by Crippen LogP contribution is -1.93. The molecule has 0 heterocycles. The second kappa shape index (κ2) is 5.45. The molecule has 0 aromatic rings. The average Bonchev–Trinajstić information content (AvgIpc) is 1.66. The van der Waals surface area contributed by atoms with Gasteiger partial charge in [-0.1, -0.05) is 13.3 Å². The number of rotatable bonds is 4. The van der Waals surface area contributed by atoms with Crippen LogP contribution in [0, 0.1) is 0 Å². The Morgan fingerprint density at radius 2 is 2.38 bits per heavy atom. The van der Waals surface area contributed by atoms with E-state index in [2.05, 4.69) is 11.4 Å². The highest BCUT2D eigenvalue weighted by atomic mass is 31.2. The van der Waals surface area contributed by atoms with E-state index in [1.54, 1.807) is 0 Å². The predicted molar refractivity (Wildman–Crippen MR) is 34.2 cm³/mol. The quantitative estimate of drug-likeness (QED) is 0.448. The van der Waals surface area contributed by atoms with Crippen LogP contribution in [0.15, 0.2) is 0 Å². The molecule has 50 valence electrons. The number of nitrogens with two attached hydrogens (primary N) is 1. The third-order valence-electron chi connectivity index (χ3n) is 0.721. The summed E-state index contributed by atoms with van der Waals surface area (Å²) in [5.74, 6) is 0. The van der Waals surface area contributed by atoms with Gasteiger partial charge in [-0.2, -0.15) is 0 Å². The summed E-state index contributed by atoms with van der Waals surface area (Å²) < 4.78 is 4.68. The van der Waals surface area contributed by atoms with E-state index in [1.165, 1.54) is 0 Å². The standard InChI is InChI=1S/C4H12NO2P/c1-2-3-4-7-8(5)6/h6H,2-5H2,1H3. The van der Waals surface area contributed by atoms with Crippen LogP contribution in [0.3, 0.4) is 0 Å². The normalized spacial score (nSPS) is 13.9. The van der Waals surface area contributed by atoms with Crippen LogP contribution in [0.1, 0.15) is 19.8 Å². The maximum atomic E-state index is 8.40. The molecule has 1 atom stereocenters. The molecule has 0 bridgehead atoms. The van der Waals surface area contributed by atoms with Crippen molar-refractivity contribution in [3.8, 4) is 0 Å². The zero-order valence-corrected chi connectivity index (χ0v) is 5.90. The third kappa shape index (κ3) is 6.31. The SMILES string of the molecule is CCCCOP(N)O. The Bertz CT molecular complexity index is 51.3. The highest BCUT2D eigenvalue weighted by molar-refractivity contribution is 7.43. The van der Waals surface area contributed by atoms with E-state index in [0.717, 1.165) is 12.8 Å². The Hall–Kier alpha value is 0.310. The lowest BCUT2D eigenvalue weighted by molar-refractivity contribution is 0.303. The molecule has 0 aliphatic rings. The smallest absolute Gasteiger partial charge is 0.250 e. The van der Waals surface area contributed by atoms with E-state index >= 15 is 0 Å². The summed E-state index contributed by atoms with van der Waals surface area (Å²) >= 11 is 0. The highest BCUT2D eigenvalue weighted by Crippen LogP contribution is 2.19. The molecular formula is C4H12NO2P. The molecule has 0 amide bonds. The fourth-order valence-electron chi connectivity index (χ4n) is 0.302. The fourth-order valence-corrected chi connectivity index (χ4v) is 0.619. The van der Waals surface area contributed by atoms with Crippen molar-refractivity contribution < 1.29 is 9.42 Å². The lowest BCUT2D eigenvalue weighted by atomic mass is 10.4. The van der Waals surface area contributed by atoms with Crippen LogP contribution in [0.25, 0.3) is 0 Å². The highest BCUT2D eigenvalue weighted by Gasteiger charge is 1.92. The fraction of sp³-hybridized carbons (Fsp3) is 1.00. The van der Waals surface area contributed by atoms with Gasteiger partial charge in [-0.15, -0.1) is 0 Å². The predicted octanol–water partition coefficient (Wildman–Crippen LogP) is 0.981. The second-order valence-electron chi connectivity index (χ2n) is 1.49. The molecule has 0 aliphatic heterocycles. The molecule has 0 saturated heterocycles. The van der Waals surface area contributed by atoms with Crippen LogP contribution >= 0.6 is 8.53 Å². The van der Waals surface area contributed by atoms with Gasteiger partial charge in [0.05, 0.1) is 6.61 Å². The van der Waals surface area contributed by atoms with Gasteiger partial charge in [-0.05, 0) is 6.42 Å². The topological polar surface area (TPSA) is 55.5 Å². The summed E-state index contributed by atoms with van der Waals surface area (Å²) in [7, 11) is -1.61. The second-order valence-corrected chi connectivity index (χ2v) is 2.35. The van der Waals surface area contributed by atoms with Crippen LogP contribution in [0.5, 0.6) is 0 Å². The molecule has 1 unspecified atom stereocenters. The van der Waals surface area contributed by atoms with E-state index < -0.39 is 8.53 Å². The van der Waals surface area contributed by atoms with Crippen molar-refractivity contribution in [2.24, 2.45) is 5.50 Å². The Morgan fingerprint density at radius 1 is 1.75 bits per heavy atom. The first-order valence-corrected chi connectivity index (χ1v) is 3.92. The molecule has 0 aromatic carbocycles. The van der Waals surface area contributed by atoms with Crippen molar-refractivity contribution in [2.45, 2.75) is 19.8 Å². The Labute approximate surface area is 50.8 Å². The van der Waals surface area contributed by atoms with Gasteiger partial charge in [0, 0.05) is 0 Å². The first-order valence-electron chi connectivity index (χ1n) is 2.64. The van der Waals surface area contributed by atoms with Gasteiger partial charge < -0.3 is 9.42 Å². The molecule has 0 fully saturated rings. The van der Waals surface area contributed by atoms with Crippen LogP contribution in [0.2, 0.25) is 0 Å². The minimum absolute atomic E-state index is 0.579. The van der Waals surface area contributed by atoms with Crippen molar-refractivity contribution in [1.29, 1.82) is 0 Å². The van der Waals surface area contributed by atoms with Crippen molar-refractivity contribution in [2.75, 3.05) is 6.61 Å². The summed E-state index contributed by atoms with van der Waals surface area (Å²) in [5.41, 5.74) is 4.93. The Balaban J connectivity index is 2.72. The van der Waals surface area contributed by atoms with Gasteiger partial charge in [0.2, 0.25) is 8.53 Å². The van der Waals surface area contributed by atoms with Crippen LogP contribution in [-0.4, -0.2) is 11.5 Å². The number of hydrogen-bond donors (Lipinski definition) is 2. The van der Waals surface area contributed by atoms with Gasteiger partial charge in [0.1, 0.15) is 0 Å². The zero-order chi connectivity index (χ0) is 6.41. The summed E-state index contributed by atoms with van der Waals surface area (Å²) in [6.45, 7) is 2.63. The Kier molecular flexibility index (Phi) is 5.66. The van der Waals surface area contributed by atoms with Crippen molar-refractivity contribution in [3.63, 3.8) is 0 Å². The minimum Gasteiger partial charge on any atom is -0.338 e. The minimum atomic E-state index is -1.61. The molecule has 0 saturated carbocycles. The Morgan fingerprint density at radius 3 is 2.75 bits per heavy atom.